The van der Waals surface area contributed by atoms with E-state index in [2.05, 4.69) is 71.3 Å². The fourth-order valence-corrected chi connectivity index (χ4v) is 5.18. The summed E-state index contributed by atoms with van der Waals surface area (Å²) in [4.78, 5) is 10.1. The maximum Gasteiger partial charge on any atom is 0.137 e. The molecule has 1 aliphatic heterocycles. The van der Waals surface area contributed by atoms with Crippen LogP contribution in [0.1, 0.15) is 44.1 Å². The average Bonchev–Trinajstić information content (AvgIpc) is 2.84. The fourth-order valence-electron chi connectivity index (χ4n) is 5.18. The minimum atomic E-state index is -0.102. The van der Waals surface area contributed by atoms with Crippen LogP contribution in [0.25, 0.3) is 22.0 Å². The molecule has 2 heterocycles. The number of likely N-dealkylation sites (N-methyl/N-ethyl adjacent to an activating group) is 1. The van der Waals surface area contributed by atoms with E-state index in [1.54, 1.807) is 0 Å². The Morgan fingerprint density at radius 3 is 2.21 bits per heavy atom. The van der Waals surface area contributed by atoms with Gasteiger partial charge in [-0.2, -0.15) is 0 Å². The Morgan fingerprint density at radius 1 is 0.879 bits per heavy atom. The van der Waals surface area contributed by atoms with Crippen LogP contribution >= 0.6 is 24.8 Å². The summed E-state index contributed by atoms with van der Waals surface area (Å²) in [7, 11) is 0. The molecule has 0 amide bonds. The number of aliphatic hydroxyl groups is 1. The van der Waals surface area contributed by atoms with Crippen molar-refractivity contribution in [2.45, 2.75) is 44.6 Å². The van der Waals surface area contributed by atoms with Crippen molar-refractivity contribution in [1.82, 2.24) is 9.88 Å². The van der Waals surface area contributed by atoms with Gasteiger partial charge >= 0.3 is 0 Å². The van der Waals surface area contributed by atoms with Crippen LogP contribution < -0.4 is 4.90 Å². The first kappa shape index (κ1) is 25.8. The highest BCUT2D eigenvalue weighted by molar-refractivity contribution is 5.95. The molecular weight excluding hydrogens is 453 g/mol. The summed E-state index contributed by atoms with van der Waals surface area (Å²) in [5.41, 5.74) is 3.63. The maximum atomic E-state index is 9.80. The van der Waals surface area contributed by atoms with Gasteiger partial charge in [0, 0.05) is 37.1 Å². The molecule has 0 unspecified atom stereocenters. The van der Waals surface area contributed by atoms with Gasteiger partial charge in [-0.05, 0) is 55.2 Å². The molecule has 0 radical (unpaired) electrons. The van der Waals surface area contributed by atoms with Gasteiger partial charge in [0.15, 0.2) is 0 Å². The van der Waals surface area contributed by atoms with E-state index in [9.17, 15) is 5.11 Å². The third-order valence-corrected chi connectivity index (χ3v) is 7.21. The van der Waals surface area contributed by atoms with Crippen molar-refractivity contribution < 1.29 is 5.11 Å². The molecule has 0 bridgehead atoms. The first-order valence-corrected chi connectivity index (χ1v) is 11.9. The smallest absolute Gasteiger partial charge is 0.137 e. The lowest BCUT2D eigenvalue weighted by Crippen LogP contribution is -2.46. The Bertz CT molecular complexity index is 1030. The van der Waals surface area contributed by atoms with Crippen molar-refractivity contribution in [2.24, 2.45) is 0 Å². The first-order valence-electron chi connectivity index (χ1n) is 11.9. The van der Waals surface area contributed by atoms with Gasteiger partial charge in [-0.3, -0.25) is 0 Å². The standard InChI is InChI=1S/C27H33N3O.2ClH/c1-2-29-15-17-30(18-16-29)27-25-6-4-3-5-23(25)19-26(28-27)22-9-7-20(8-10-22)21-11-13-24(31)14-12-21;;/h3-10,19,21,24,31H,2,11-18H2,1H3;2*1H/t21-,24-;;. The van der Waals surface area contributed by atoms with E-state index in [1.807, 2.05) is 0 Å². The Labute approximate surface area is 209 Å². The number of fused-ring (bicyclic) bond motifs is 1. The fraction of sp³-hybridized carbons (Fsp3) is 0.444. The van der Waals surface area contributed by atoms with Crippen molar-refractivity contribution in [3.8, 4) is 11.3 Å². The molecule has 5 rings (SSSR count). The van der Waals surface area contributed by atoms with Crippen LogP contribution in [0.4, 0.5) is 5.82 Å². The molecule has 2 fully saturated rings. The van der Waals surface area contributed by atoms with Gasteiger partial charge in [0.1, 0.15) is 5.82 Å². The third kappa shape index (κ3) is 5.63. The number of hydrogen-bond donors (Lipinski definition) is 1. The van der Waals surface area contributed by atoms with Crippen molar-refractivity contribution in [1.29, 1.82) is 0 Å². The average molecular weight is 489 g/mol. The summed E-state index contributed by atoms with van der Waals surface area (Å²) in [6.45, 7) is 7.61. The molecule has 0 atom stereocenters. The van der Waals surface area contributed by atoms with Gasteiger partial charge in [0.05, 0.1) is 11.8 Å². The highest BCUT2D eigenvalue weighted by Gasteiger charge is 2.22. The van der Waals surface area contributed by atoms with E-state index in [-0.39, 0.29) is 30.9 Å². The van der Waals surface area contributed by atoms with Crippen LogP contribution in [0, 0.1) is 0 Å². The van der Waals surface area contributed by atoms with Crippen LogP contribution in [0.5, 0.6) is 0 Å². The number of nitrogens with zero attached hydrogens (tertiary/aromatic N) is 3. The van der Waals surface area contributed by atoms with Gasteiger partial charge in [-0.25, -0.2) is 4.98 Å². The van der Waals surface area contributed by atoms with Gasteiger partial charge in [-0.1, -0.05) is 55.5 Å². The maximum absolute atomic E-state index is 9.80. The normalized spacial score (nSPS) is 21.3. The van der Waals surface area contributed by atoms with E-state index < -0.39 is 0 Å². The number of pyridine rings is 1. The predicted molar refractivity (Wildman–Crippen MR) is 143 cm³/mol. The molecule has 2 aliphatic rings. The molecule has 0 spiro atoms. The molecule has 33 heavy (non-hydrogen) atoms. The summed E-state index contributed by atoms with van der Waals surface area (Å²) in [5.74, 6) is 1.70. The predicted octanol–water partition coefficient (Wildman–Crippen LogP) is 5.91. The molecule has 6 heteroatoms. The van der Waals surface area contributed by atoms with Crippen LogP contribution in [-0.4, -0.2) is 53.8 Å². The highest BCUT2D eigenvalue weighted by atomic mass is 35.5. The van der Waals surface area contributed by atoms with Crippen molar-refractivity contribution in [3.63, 3.8) is 0 Å². The van der Waals surface area contributed by atoms with Crippen LogP contribution in [-0.2, 0) is 0 Å². The van der Waals surface area contributed by atoms with Gasteiger partial charge in [-0.15, -0.1) is 24.8 Å². The lowest BCUT2D eigenvalue weighted by molar-refractivity contribution is 0.122. The zero-order valence-electron chi connectivity index (χ0n) is 19.3. The molecular formula is C27H35Cl2N3O. The zero-order chi connectivity index (χ0) is 21.2. The van der Waals surface area contributed by atoms with Gasteiger partial charge in [0.2, 0.25) is 0 Å². The van der Waals surface area contributed by atoms with E-state index in [0.717, 1.165) is 69.9 Å². The SMILES string of the molecule is CCN1CCN(c2nc(-c3ccc([C@H]4CC[C@H](O)CC4)cc3)cc3ccccc23)CC1.Cl.Cl. The molecule has 4 nitrogen and oxygen atoms in total. The van der Waals surface area contributed by atoms with Gasteiger partial charge in [0.25, 0.3) is 0 Å². The molecule has 2 aromatic carbocycles. The van der Waals surface area contributed by atoms with Gasteiger partial charge < -0.3 is 14.9 Å². The van der Waals surface area contributed by atoms with Crippen LogP contribution in [0.2, 0.25) is 0 Å². The number of rotatable bonds is 4. The third-order valence-electron chi connectivity index (χ3n) is 7.21. The number of aromatic nitrogens is 1. The van der Waals surface area contributed by atoms with E-state index in [1.165, 1.54) is 21.9 Å². The summed E-state index contributed by atoms with van der Waals surface area (Å²) >= 11 is 0. The van der Waals surface area contributed by atoms with Crippen molar-refractivity contribution >= 4 is 41.4 Å². The minimum absolute atomic E-state index is 0. The molecule has 1 N–H and O–H groups in total. The molecule has 178 valence electrons. The number of aliphatic hydroxyl groups excluding tert-OH is 1. The summed E-state index contributed by atoms with van der Waals surface area (Å²) in [5, 5.41) is 12.3. The minimum Gasteiger partial charge on any atom is -0.393 e. The second-order valence-corrected chi connectivity index (χ2v) is 9.10. The Hall–Kier alpha value is -1.85. The second kappa shape index (κ2) is 11.5. The van der Waals surface area contributed by atoms with Crippen LogP contribution in [0.15, 0.2) is 54.6 Å². The topological polar surface area (TPSA) is 39.6 Å². The highest BCUT2D eigenvalue weighted by Crippen LogP contribution is 2.35. The van der Waals surface area contributed by atoms with E-state index >= 15 is 0 Å². The molecule has 1 saturated carbocycles. The number of hydrogen-bond acceptors (Lipinski definition) is 4. The summed E-state index contributed by atoms with van der Waals surface area (Å²) < 4.78 is 0. The Balaban J connectivity index is 0.00000153. The van der Waals surface area contributed by atoms with Crippen LogP contribution in [0.3, 0.4) is 0 Å². The number of piperazine rings is 1. The zero-order valence-corrected chi connectivity index (χ0v) is 21.0. The quantitative estimate of drug-likeness (QED) is 0.496. The largest absolute Gasteiger partial charge is 0.393 e. The summed E-state index contributed by atoms with van der Waals surface area (Å²) in [6.07, 6.45) is 3.92. The first-order chi connectivity index (χ1) is 15.2. The molecule has 1 aliphatic carbocycles. The molecule has 1 saturated heterocycles. The number of anilines is 1. The van der Waals surface area contributed by atoms with E-state index in [4.69, 9.17) is 4.98 Å². The number of halogens is 2. The van der Waals surface area contributed by atoms with Crippen molar-refractivity contribution in [2.75, 3.05) is 37.6 Å². The number of benzene rings is 2. The Morgan fingerprint density at radius 2 is 1.55 bits per heavy atom. The lowest BCUT2D eigenvalue weighted by Gasteiger charge is -2.35. The monoisotopic (exact) mass is 487 g/mol. The Kier molecular flexibility index (Phi) is 9.00. The summed E-state index contributed by atoms with van der Waals surface area (Å²) in [6, 6.07) is 19.9. The molecule has 3 aromatic rings. The second-order valence-electron chi connectivity index (χ2n) is 9.10. The lowest BCUT2D eigenvalue weighted by atomic mass is 9.82. The molecule has 1 aromatic heterocycles. The van der Waals surface area contributed by atoms with E-state index in [0.29, 0.717) is 5.92 Å². The van der Waals surface area contributed by atoms with Crippen molar-refractivity contribution in [3.05, 3.63) is 60.2 Å².